The van der Waals surface area contributed by atoms with Crippen LogP contribution in [0.4, 0.5) is 0 Å². The average molecular weight is 947 g/mol. The van der Waals surface area contributed by atoms with Gasteiger partial charge in [0.25, 0.3) is 0 Å². The van der Waals surface area contributed by atoms with Gasteiger partial charge in [0.15, 0.2) is 0 Å². The first-order chi connectivity index (χ1) is 33.2. The van der Waals surface area contributed by atoms with Crippen LogP contribution in [-0.2, 0) is 4.79 Å². The Morgan fingerprint density at radius 1 is 0.299 bits per heavy atom. The number of nitrogens with one attached hydrogen (secondary N) is 1. The second-order valence-corrected chi connectivity index (χ2v) is 22.2. The van der Waals surface area contributed by atoms with E-state index in [1.165, 1.54) is 327 Å². The molecule has 0 rings (SSSR count). The van der Waals surface area contributed by atoms with Gasteiger partial charge in [-0.15, -0.1) is 0 Å². The SMILES string of the molecule is CCCCCCCCCCCCCCCCCCCCCCCCCCCCCCCCCCCC(=O)NC(CO)C(O)CCCCCCCCCCCCCCCCCCCCCCCC. The fraction of sp³-hybridized carbons (Fsp3) is 0.984. The number of unbranched alkanes of at least 4 members (excludes halogenated alkanes) is 53. The lowest BCUT2D eigenvalue weighted by atomic mass is 10.0. The average Bonchev–Trinajstić information content (AvgIpc) is 3.33. The summed E-state index contributed by atoms with van der Waals surface area (Å²) in [7, 11) is 0. The summed E-state index contributed by atoms with van der Waals surface area (Å²) in [4.78, 5) is 12.5. The molecule has 0 saturated heterocycles. The number of aliphatic hydroxyl groups is 2. The van der Waals surface area contributed by atoms with Crippen molar-refractivity contribution >= 4 is 5.91 Å². The monoisotopic (exact) mass is 946 g/mol. The molecule has 0 aliphatic carbocycles. The summed E-state index contributed by atoms with van der Waals surface area (Å²) in [5.41, 5.74) is 0. The second kappa shape index (κ2) is 59.7. The molecule has 0 aliphatic rings. The number of carbonyl (C=O) groups is 1. The number of amides is 1. The van der Waals surface area contributed by atoms with E-state index in [1.54, 1.807) is 0 Å². The Hall–Kier alpha value is -0.610. The van der Waals surface area contributed by atoms with E-state index in [9.17, 15) is 15.0 Å². The van der Waals surface area contributed by atoms with Gasteiger partial charge < -0.3 is 15.5 Å². The summed E-state index contributed by atoms with van der Waals surface area (Å²) in [6, 6.07) is -0.532. The Kier molecular flexibility index (Phi) is 59.2. The van der Waals surface area contributed by atoms with Crippen LogP contribution in [0.1, 0.15) is 380 Å². The minimum Gasteiger partial charge on any atom is -0.394 e. The molecule has 1 amide bonds. The van der Waals surface area contributed by atoms with Crippen LogP contribution in [0, 0.1) is 0 Å². The Bertz CT molecular complexity index is 894. The molecule has 0 spiro atoms. The summed E-state index contributed by atoms with van der Waals surface area (Å²) in [5, 5.41) is 23.4. The molecule has 2 atom stereocenters. The van der Waals surface area contributed by atoms with Gasteiger partial charge >= 0.3 is 0 Å². The van der Waals surface area contributed by atoms with Gasteiger partial charge in [0.1, 0.15) is 0 Å². The van der Waals surface area contributed by atoms with Crippen molar-refractivity contribution in [1.82, 2.24) is 5.32 Å². The van der Waals surface area contributed by atoms with Crippen LogP contribution in [-0.4, -0.2) is 34.9 Å². The molecule has 0 aromatic carbocycles. The van der Waals surface area contributed by atoms with Gasteiger partial charge in [0.2, 0.25) is 5.91 Å². The zero-order chi connectivity index (χ0) is 48.5. The highest BCUT2D eigenvalue weighted by molar-refractivity contribution is 5.76. The predicted molar refractivity (Wildman–Crippen MR) is 300 cm³/mol. The van der Waals surface area contributed by atoms with Gasteiger partial charge in [-0.05, 0) is 12.8 Å². The largest absolute Gasteiger partial charge is 0.394 e. The number of carbonyl (C=O) groups excluding carboxylic acids is 1. The molecule has 402 valence electrons. The van der Waals surface area contributed by atoms with Gasteiger partial charge in [-0.25, -0.2) is 0 Å². The highest BCUT2D eigenvalue weighted by Crippen LogP contribution is 2.19. The molecule has 0 aromatic rings. The first-order valence-electron chi connectivity index (χ1n) is 31.7. The summed E-state index contributed by atoms with van der Waals surface area (Å²) in [6.07, 6.45) is 77.0. The molecule has 4 heteroatoms. The van der Waals surface area contributed by atoms with E-state index in [4.69, 9.17) is 0 Å². The highest BCUT2D eigenvalue weighted by atomic mass is 16.3. The molecule has 0 bridgehead atoms. The topological polar surface area (TPSA) is 69.6 Å². The Labute approximate surface area is 423 Å². The standard InChI is InChI=1S/C63H127NO3/c1-3-5-7-9-11-13-15-17-19-21-23-25-27-28-29-30-31-32-33-34-35-36-37-39-41-43-45-47-49-51-53-55-57-59-63(67)64-61(60-65)62(66)58-56-54-52-50-48-46-44-42-40-38-26-24-22-20-18-16-14-12-10-8-6-4-2/h61-62,65-66H,3-60H2,1-2H3,(H,64,67). The zero-order valence-corrected chi connectivity index (χ0v) is 46.5. The van der Waals surface area contributed by atoms with Crippen LogP contribution in [0.2, 0.25) is 0 Å². The summed E-state index contributed by atoms with van der Waals surface area (Å²) < 4.78 is 0. The molecule has 0 aliphatic heterocycles. The van der Waals surface area contributed by atoms with Crippen LogP contribution in [0.3, 0.4) is 0 Å². The van der Waals surface area contributed by atoms with Gasteiger partial charge in [0, 0.05) is 6.42 Å². The van der Waals surface area contributed by atoms with Crippen molar-refractivity contribution in [1.29, 1.82) is 0 Å². The van der Waals surface area contributed by atoms with E-state index < -0.39 is 12.1 Å². The van der Waals surface area contributed by atoms with Crippen molar-refractivity contribution < 1.29 is 15.0 Å². The Morgan fingerprint density at radius 3 is 0.672 bits per heavy atom. The van der Waals surface area contributed by atoms with E-state index in [1.807, 2.05) is 0 Å². The van der Waals surface area contributed by atoms with Crippen LogP contribution in [0.5, 0.6) is 0 Å². The fourth-order valence-corrected chi connectivity index (χ4v) is 10.5. The van der Waals surface area contributed by atoms with E-state index in [2.05, 4.69) is 19.2 Å². The molecule has 0 saturated carbocycles. The maximum Gasteiger partial charge on any atom is 0.220 e. The van der Waals surface area contributed by atoms with Gasteiger partial charge in [0.05, 0.1) is 18.8 Å². The van der Waals surface area contributed by atoms with E-state index in [-0.39, 0.29) is 12.5 Å². The highest BCUT2D eigenvalue weighted by Gasteiger charge is 2.20. The summed E-state index contributed by atoms with van der Waals surface area (Å²) >= 11 is 0. The van der Waals surface area contributed by atoms with E-state index in [0.717, 1.165) is 25.7 Å². The maximum atomic E-state index is 12.5. The number of aliphatic hydroxyl groups excluding tert-OH is 2. The summed E-state index contributed by atoms with van der Waals surface area (Å²) in [5.74, 6) is -0.0204. The first kappa shape index (κ1) is 66.4. The van der Waals surface area contributed by atoms with Crippen molar-refractivity contribution in [2.24, 2.45) is 0 Å². The Morgan fingerprint density at radius 2 is 0.478 bits per heavy atom. The fourth-order valence-electron chi connectivity index (χ4n) is 10.5. The van der Waals surface area contributed by atoms with Crippen LogP contribution in [0.15, 0.2) is 0 Å². The van der Waals surface area contributed by atoms with Crippen LogP contribution >= 0.6 is 0 Å². The van der Waals surface area contributed by atoms with Crippen molar-refractivity contribution in [2.45, 2.75) is 392 Å². The number of hydrogen-bond acceptors (Lipinski definition) is 3. The predicted octanol–water partition coefficient (Wildman–Crippen LogP) is 21.1. The third-order valence-electron chi connectivity index (χ3n) is 15.4. The Balaban J connectivity index is 3.36. The molecule has 2 unspecified atom stereocenters. The molecule has 0 heterocycles. The zero-order valence-electron chi connectivity index (χ0n) is 46.5. The van der Waals surface area contributed by atoms with Crippen molar-refractivity contribution in [2.75, 3.05) is 6.61 Å². The lowest BCUT2D eigenvalue weighted by Gasteiger charge is -2.22. The third-order valence-corrected chi connectivity index (χ3v) is 15.4. The van der Waals surface area contributed by atoms with E-state index >= 15 is 0 Å². The minimum atomic E-state index is -0.655. The van der Waals surface area contributed by atoms with Crippen molar-refractivity contribution in [3.05, 3.63) is 0 Å². The molecular weight excluding hydrogens is 819 g/mol. The second-order valence-electron chi connectivity index (χ2n) is 22.2. The van der Waals surface area contributed by atoms with Gasteiger partial charge in [-0.2, -0.15) is 0 Å². The minimum absolute atomic E-state index is 0.0204. The molecular formula is C63H127NO3. The molecule has 0 aromatic heterocycles. The summed E-state index contributed by atoms with van der Waals surface area (Å²) in [6.45, 7) is 4.41. The lowest BCUT2D eigenvalue weighted by Crippen LogP contribution is -2.45. The molecule has 4 nitrogen and oxygen atoms in total. The third kappa shape index (κ3) is 56.2. The van der Waals surface area contributed by atoms with E-state index in [0.29, 0.717) is 12.8 Å². The number of rotatable bonds is 60. The normalized spacial score (nSPS) is 12.6. The van der Waals surface area contributed by atoms with Crippen LogP contribution in [0.25, 0.3) is 0 Å². The molecule has 3 N–H and O–H groups in total. The van der Waals surface area contributed by atoms with Gasteiger partial charge in [-0.1, -0.05) is 361 Å². The van der Waals surface area contributed by atoms with Crippen molar-refractivity contribution in [3.8, 4) is 0 Å². The maximum absolute atomic E-state index is 12.5. The smallest absolute Gasteiger partial charge is 0.220 e. The van der Waals surface area contributed by atoms with Gasteiger partial charge in [-0.3, -0.25) is 4.79 Å². The first-order valence-corrected chi connectivity index (χ1v) is 31.7. The quantitative estimate of drug-likeness (QED) is 0.0532. The molecule has 67 heavy (non-hydrogen) atoms. The molecule has 0 fully saturated rings. The van der Waals surface area contributed by atoms with Crippen LogP contribution < -0.4 is 5.32 Å². The number of hydrogen-bond donors (Lipinski definition) is 3. The lowest BCUT2D eigenvalue weighted by molar-refractivity contribution is -0.123. The molecule has 0 radical (unpaired) electrons. The van der Waals surface area contributed by atoms with Crippen molar-refractivity contribution in [3.63, 3.8) is 0 Å².